The summed E-state index contributed by atoms with van der Waals surface area (Å²) in [6, 6.07) is 13.3. The summed E-state index contributed by atoms with van der Waals surface area (Å²) in [7, 11) is 0. The molecule has 0 spiro atoms. The van der Waals surface area contributed by atoms with Crippen molar-refractivity contribution >= 4 is 23.1 Å². The predicted octanol–water partition coefficient (Wildman–Crippen LogP) is 4.69. The number of aliphatic hydroxyl groups is 1. The number of carbonyl (C=O) groups excluding carboxylic acids is 2. The molecule has 0 radical (unpaired) electrons. The summed E-state index contributed by atoms with van der Waals surface area (Å²) in [5.74, 6) is -0.792. The minimum Gasteiger partial charge on any atom is -0.445 e. The molecule has 2 aromatic carbocycles. The van der Waals surface area contributed by atoms with Gasteiger partial charge < -0.3 is 29.8 Å². The lowest BCUT2D eigenvalue weighted by Crippen LogP contribution is -2.45. The predicted molar refractivity (Wildman–Crippen MR) is 133 cm³/mol. The first-order valence-corrected chi connectivity index (χ1v) is 12.0. The van der Waals surface area contributed by atoms with Crippen LogP contribution in [0, 0.1) is 5.82 Å². The molecule has 2 heterocycles. The number of aromatic amines is 1. The lowest BCUT2D eigenvalue weighted by atomic mass is 9.89. The number of carbonyl (C=O) groups is 2. The number of hydrogen-bond donors (Lipinski definition) is 3. The molecule has 0 bridgehead atoms. The van der Waals surface area contributed by atoms with Gasteiger partial charge in [0, 0.05) is 35.6 Å². The van der Waals surface area contributed by atoms with Crippen molar-refractivity contribution in [2.45, 2.75) is 57.5 Å². The van der Waals surface area contributed by atoms with E-state index in [1.807, 2.05) is 30.3 Å². The van der Waals surface area contributed by atoms with E-state index >= 15 is 0 Å². The van der Waals surface area contributed by atoms with E-state index < -0.39 is 35.9 Å². The number of aliphatic hydroxyl groups excluding tert-OH is 1. The van der Waals surface area contributed by atoms with Crippen LogP contribution < -0.4 is 5.32 Å². The van der Waals surface area contributed by atoms with Gasteiger partial charge >= 0.3 is 12.2 Å². The van der Waals surface area contributed by atoms with E-state index in [0.29, 0.717) is 11.9 Å². The zero-order chi connectivity index (χ0) is 25.9. The van der Waals surface area contributed by atoms with Crippen molar-refractivity contribution in [2.24, 2.45) is 0 Å². The van der Waals surface area contributed by atoms with Gasteiger partial charge in [0.1, 0.15) is 18.0 Å². The number of halogens is 1. The van der Waals surface area contributed by atoms with Crippen molar-refractivity contribution < 1.29 is 28.6 Å². The molecule has 0 saturated carbocycles. The van der Waals surface area contributed by atoms with Gasteiger partial charge in [-0.3, -0.25) is 0 Å². The monoisotopic (exact) mass is 497 g/mol. The molecule has 0 unspecified atom stereocenters. The SMILES string of the molecule is CC(C)(C)OC(=O)N1C[C@H](O)C[C@H]1[C@@H](CNC(=O)OCc1ccccc1)c1c[nH]c2cc(F)ccc12. The fraction of sp³-hybridized carbons (Fsp3) is 0.407. The maximum absolute atomic E-state index is 13.8. The number of rotatable bonds is 6. The van der Waals surface area contributed by atoms with Gasteiger partial charge in [0.05, 0.1) is 12.6 Å². The Bertz CT molecular complexity index is 1210. The van der Waals surface area contributed by atoms with Crippen molar-refractivity contribution in [3.05, 3.63) is 71.7 Å². The molecule has 1 saturated heterocycles. The Morgan fingerprint density at radius 1 is 1.22 bits per heavy atom. The fourth-order valence-electron chi connectivity index (χ4n) is 4.60. The normalized spacial score (nSPS) is 18.8. The van der Waals surface area contributed by atoms with Crippen LogP contribution in [0.3, 0.4) is 0 Å². The molecule has 2 amide bonds. The average Bonchev–Trinajstić information content (AvgIpc) is 3.41. The number of amides is 2. The molecule has 4 rings (SSSR count). The highest BCUT2D eigenvalue weighted by Gasteiger charge is 2.42. The van der Waals surface area contributed by atoms with Crippen LogP contribution >= 0.6 is 0 Å². The number of benzene rings is 2. The van der Waals surface area contributed by atoms with Crippen LogP contribution in [-0.2, 0) is 16.1 Å². The highest BCUT2D eigenvalue weighted by Crippen LogP contribution is 2.36. The molecule has 8 nitrogen and oxygen atoms in total. The Morgan fingerprint density at radius 3 is 2.69 bits per heavy atom. The zero-order valence-electron chi connectivity index (χ0n) is 20.7. The third kappa shape index (κ3) is 6.15. The smallest absolute Gasteiger partial charge is 0.410 e. The Hall–Kier alpha value is -3.59. The molecule has 1 aromatic heterocycles. The highest BCUT2D eigenvalue weighted by atomic mass is 19.1. The van der Waals surface area contributed by atoms with Gasteiger partial charge in [0.25, 0.3) is 0 Å². The van der Waals surface area contributed by atoms with E-state index in [1.165, 1.54) is 17.0 Å². The molecule has 3 aromatic rings. The van der Waals surface area contributed by atoms with Crippen molar-refractivity contribution in [1.29, 1.82) is 0 Å². The fourth-order valence-corrected chi connectivity index (χ4v) is 4.60. The number of aromatic nitrogens is 1. The Kier molecular flexibility index (Phi) is 7.49. The quantitative estimate of drug-likeness (QED) is 0.459. The van der Waals surface area contributed by atoms with Crippen LogP contribution in [0.25, 0.3) is 10.9 Å². The van der Waals surface area contributed by atoms with Gasteiger partial charge in [-0.2, -0.15) is 0 Å². The number of likely N-dealkylation sites (tertiary alicyclic amines) is 1. The third-order valence-corrected chi connectivity index (χ3v) is 6.17. The minimum atomic E-state index is -0.738. The molecule has 1 aliphatic rings. The summed E-state index contributed by atoms with van der Waals surface area (Å²) in [4.78, 5) is 30.1. The molecular weight excluding hydrogens is 465 g/mol. The highest BCUT2D eigenvalue weighted by molar-refractivity contribution is 5.84. The third-order valence-electron chi connectivity index (χ3n) is 6.17. The number of nitrogens with zero attached hydrogens (tertiary/aromatic N) is 1. The number of nitrogens with one attached hydrogen (secondary N) is 2. The van der Waals surface area contributed by atoms with Gasteiger partial charge in [-0.1, -0.05) is 30.3 Å². The average molecular weight is 498 g/mol. The molecule has 3 atom stereocenters. The molecule has 1 aliphatic heterocycles. The number of hydrogen-bond acceptors (Lipinski definition) is 5. The first-order chi connectivity index (χ1) is 17.1. The minimum absolute atomic E-state index is 0.117. The summed E-state index contributed by atoms with van der Waals surface area (Å²) >= 11 is 0. The zero-order valence-corrected chi connectivity index (χ0v) is 20.7. The van der Waals surface area contributed by atoms with Crippen LogP contribution in [0.5, 0.6) is 0 Å². The number of ether oxygens (including phenoxy) is 2. The standard InChI is InChI=1S/C27H32FN3O5/c1-27(2,3)36-26(34)31-15-19(32)12-24(31)22(21-13-29-23-11-18(28)9-10-20(21)23)14-30-25(33)35-16-17-7-5-4-6-8-17/h4-11,13,19,22,24,29,32H,12,14-16H2,1-3H3,(H,30,33)/t19-,22+,24+/m1/s1. The molecule has 3 N–H and O–H groups in total. The van der Waals surface area contributed by atoms with Crippen molar-refractivity contribution in [3.63, 3.8) is 0 Å². The van der Waals surface area contributed by atoms with E-state index in [0.717, 1.165) is 16.5 Å². The Labute approximate surface area is 209 Å². The molecule has 192 valence electrons. The second-order valence-electron chi connectivity index (χ2n) is 10.1. The number of alkyl carbamates (subject to hydrolysis) is 1. The van der Waals surface area contributed by atoms with E-state index in [1.54, 1.807) is 33.0 Å². The Morgan fingerprint density at radius 2 is 1.97 bits per heavy atom. The molecular formula is C27H32FN3O5. The molecule has 1 fully saturated rings. The summed E-state index contributed by atoms with van der Waals surface area (Å²) in [5.41, 5.74) is 1.55. The first kappa shape index (κ1) is 25.5. The van der Waals surface area contributed by atoms with E-state index in [9.17, 15) is 19.1 Å². The second kappa shape index (κ2) is 10.6. The van der Waals surface area contributed by atoms with E-state index in [2.05, 4.69) is 10.3 Å². The molecule has 36 heavy (non-hydrogen) atoms. The first-order valence-electron chi connectivity index (χ1n) is 12.0. The maximum atomic E-state index is 13.8. The summed E-state index contributed by atoms with van der Waals surface area (Å²) < 4.78 is 24.8. The lowest BCUT2D eigenvalue weighted by Gasteiger charge is -2.33. The van der Waals surface area contributed by atoms with Crippen molar-refractivity contribution in [3.8, 4) is 0 Å². The van der Waals surface area contributed by atoms with Gasteiger partial charge in [0.2, 0.25) is 0 Å². The number of H-pyrrole nitrogens is 1. The van der Waals surface area contributed by atoms with Gasteiger partial charge in [-0.05, 0) is 56.5 Å². The summed E-state index contributed by atoms with van der Waals surface area (Å²) in [6.07, 6.45) is 0.184. The van der Waals surface area contributed by atoms with Gasteiger partial charge in [0.15, 0.2) is 0 Å². The summed E-state index contributed by atoms with van der Waals surface area (Å²) in [5, 5.41) is 14.1. The Balaban J connectivity index is 1.57. The topological polar surface area (TPSA) is 104 Å². The maximum Gasteiger partial charge on any atom is 0.410 e. The van der Waals surface area contributed by atoms with Crippen molar-refractivity contribution in [2.75, 3.05) is 13.1 Å². The van der Waals surface area contributed by atoms with Gasteiger partial charge in [-0.15, -0.1) is 0 Å². The lowest BCUT2D eigenvalue weighted by molar-refractivity contribution is 0.0189. The van der Waals surface area contributed by atoms with Crippen LogP contribution in [0.2, 0.25) is 0 Å². The van der Waals surface area contributed by atoms with Crippen molar-refractivity contribution in [1.82, 2.24) is 15.2 Å². The second-order valence-corrected chi connectivity index (χ2v) is 10.1. The largest absolute Gasteiger partial charge is 0.445 e. The molecule has 0 aliphatic carbocycles. The van der Waals surface area contributed by atoms with Crippen LogP contribution in [0.15, 0.2) is 54.7 Å². The summed E-state index contributed by atoms with van der Waals surface area (Å²) in [6.45, 7) is 5.71. The van der Waals surface area contributed by atoms with E-state index in [-0.39, 0.29) is 25.5 Å². The van der Waals surface area contributed by atoms with Crippen LogP contribution in [-0.4, -0.2) is 58.0 Å². The number of β-amino-alcohol motifs (C(OH)–C–C–N with tert-alkyl or cyclic N) is 1. The number of fused-ring (bicyclic) bond motifs is 1. The van der Waals surface area contributed by atoms with Crippen LogP contribution in [0.1, 0.15) is 44.2 Å². The van der Waals surface area contributed by atoms with Gasteiger partial charge in [-0.25, -0.2) is 14.0 Å². The molecule has 9 heteroatoms. The van der Waals surface area contributed by atoms with Crippen LogP contribution in [0.4, 0.5) is 14.0 Å². The van der Waals surface area contributed by atoms with E-state index in [4.69, 9.17) is 9.47 Å².